The molecule has 0 saturated carbocycles. The Kier molecular flexibility index (Phi) is 5.41. The van der Waals surface area contributed by atoms with E-state index in [-0.39, 0.29) is 29.6 Å². The average molecular weight is 372 g/mol. The zero-order valence-corrected chi connectivity index (χ0v) is 15.4. The standard InChI is InChI=1S/C18H20N4O3S/c1-3-10-7-5-6-8-12(10)19-16(24)11-9-13(23)20-15-14(11)17(25)22-18(21-15)26-4-2/h5-8,11H,3-4,9H2,1-2H3,(H,19,24)(H2,20,21,22,23,25)/t11-/m0/s1. The highest BCUT2D eigenvalue weighted by Gasteiger charge is 2.34. The molecule has 0 saturated heterocycles. The van der Waals surface area contributed by atoms with E-state index in [0.29, 0.717) is 10.8 Å². The summed E-state index contributed by atoms with van der Waals surface area (Å²) in [6.45, 7) is 3.93. The molecule has 1 aromatic heterocycles. The average Bonchev–Trinajstić information content (AvgIpc) is 2.61. The van der Waals surface area contributed by atoms with Crippen molar-refractivity contribution in [3.63, 3.8) is 0 Å². The summed E-state index contributed by atoms with van der Waals surface area (Å²) < 4.78 is 0. The number of carbonyl (C=O) groups excluding carboxylic acids is 2. The first-order valence-electron chi connectivity index (χ1n) is 8.49. The molecule has 26 heavy (non-hydrogen) atoms. The smallest absolute Gasteiger partial charge is 0.257 e. The van der Waals surface area contributed by atoms with Crippen LogP contribution in [0.15, 0.2) is 34.2 Å². The highest BCUT2D eigenvalue weighted by molar-refractivity contribution is 7.99. The van der Waals surface area contributed by atoms with E-state index in [0.717, 1.165) is 17.7 Å². The van der Waals surface area contributed by atoms with Gasteiger partial charge in [-0.2, -0.15) is 0 Å². The summed E-state index contributed by atoms with van der Waals surface area (Å²) in [5.74, 6) is -0.685. The predicted octanol–water partition coefficient (Wildman–Crippen LogP) is 2.51. The fourth-order valence-corrected chi connectivity index (χ4v) is 3.54. The van der Waals surface area contributed by atoms with Gasteiger partial charge in [0, 0.05) is 12.1 Å². The number of nitrogens with one attached hydrogen (secondary N) is 3. The van der Waals surface area contributed by atoms with Gasteiger partial charge >= 0.3 is 0 Å². The molecule has 2 amide bonds. The van der Waals surface area contributed by atoms with Crippen LogP contribution < -0.4 is 16.2 Å². The van der Waals surface area contributed by atoms with Gasteiger partial charge in [0.15, 0.2) is 5.16 Å². The molecule has 136 valence electrons. The van der Waals surface area contributed by atoms with E-state index in [9.17, 15) is 14.4 Å². The third-order valence-corrected chi connectivity index (χ3v) is 4.94. The normalized spacial score (nSPS) is 15.9. The molecule has 1 aliphatic heterocycles. The van der Waals surface area contributed by atoms with Crippen molar-refractivity contribution >= 4 is 35.1 Å². The van der Waals surface area contributed by atoms with Crippen molar-refractivity contribution in [3.8, 4) is 0 Å². The van der Waals surface area contributed by atoms with Crippen molar-refractivity contribution in [2.45, 2.75) is 37.8 Å². The molecule has 0 spiro atoms. The molecule has 0 bridgehead atoms. The number of aromatic nitrogens is 2. The van der Waals surface area contributed by atoms with Crippen LogP contribution in [-0.4, -0.2) is 27.5 Å². The van der Waals surface area contributed by atoms with Gasteiger partial charge in [0.2, 0.25) is 11.8 Å². The molecule has 3 N–H and O–H groups in total. The number of hydrogen-bond donors (Lipinski definition) is 3. The Morgan fingerprint density at radius 1 is 1.31 bits per heavy atom. The molecule has 2 heterocycles. The number of aromatic amines is 1. The van der Waals surface area contributed by atoms with Gasteiger partial charge < -0.3 is 15.6 Å². The minimum atomic E-state index is -0.874. The van der Waals surface area contributed by atoms with E-state index in [4.69, 9.17) is 0 Å². The lowest BCUT2D eigenvalue weighted by Gasteiger charge is -2.24. The fraction of sp³-hybridized carbons (Fsp3) is 0.333. The van der Waals surface area contributed by atoms with Crippen molar-refractivity contribution in [2.24, 2.45) is 0 Å². The number of H-pyrrole nitrogens is 1. The zero-order chi connectivity index (χ0) is 18.7. The number of carbonyl (C=O) groups is 2. The van der Waals surface area contributed by atoms with E-state index in [2.05, 4.69) is 20.6 Å². The number of anilines is 2. The fourth-order valence-electron chi connectivity index (χ4n) is 2.95. The Balaban J connectivity index is 1.95. The van der Waals surface area contributed by atoms with Gasteiger partial charge in [-0.1, -0.05) is 43.8 Å². The van der Waals surface area contributed by atoms with Gasteiger partial charge in [0.05, 0.1) is 11.5 Å². The molecule has 1 atom stereocenters. The van der Waals surface area contributed by atoms with Gasteiger partial charge in [-0.15, -0.1) is 0 Å². The Labute approximate surface area is 155 Å². The largest absolute Gasteiger partial charge is 0.325 e. The first-order chi connectivity index (χ1) is 12.5. The van der Waals surface area contributed by atoms with Crippen LogP contribution in [0.3, 0.4) is 0 Å². The quantitative estimate of drug-likeness (QED) is 0.553. The molecular formula is C18H20N4O3S. The number of para-hydroxylation sites is 1. The molecule has 0 radical (unpaired) electrons. The molecule has 1 aliphatic rings. The molecule has 1 aromatic carbocycles. The van der Waals surface area contributed by atoms with Gasteiger partial charge in [-0.05, 0) is 23.8 Å². The van der Waals surface area contributed by atoms with Crippen LogP contribution in [0, 0.1) is 0 Å². The minimum absolute atomic E-state index is 0.0852. The zero-order valence-electron chi connectivity index (χ0n) is 14.6. The minimum Gasteiger partial charge on any atom is -0.325 e. The lowest BCUT2D eigenvalue weighted by atomic mass is 9.92. The van der Waals surface area contributed by atoms with Crippen molar-refractivity contribution in [2.75, 3.05) is 16.4 Å². The molecule has 3 rings (SSSR count). The number of thioether (sulfide) groups is 1. The first kappa shape index (κ1) is 18.2. The van der Waals surface area contributed by atoms with Crippen LogP contribution in [0.4, 0.5) is 11.5 Å². The van der Waals surface area contributed by atoms with Gasteiger partial charge in [-0.3, -0.25) is 14.4 Å². The molecule has 7 nitrogen and oxygen atoms in total. The number of benzene rings is 1. The number of aryl methyl sites for hydroxylation is 1. The summed E-state index contributed by atoms with van der Waals surface area (Å²) in [6, 6.07) is 7.47. The molecule has 2 aromatic rings. The Morgan fingerprint density at radius 2 is 2.08 bits per heavy atom. The van der Waals surface area contributed by atoms with Crippen LogP contribution in [0.2, 0.25) is 0 Å². The van der Waals surface area contributed by atoms with E-state index in [1.165, 1.54) is 11.8 Å². The summed E-state index contributed by atoms with van der Waals surface area (Å²) in [5, 5.41) is 5.89. The second kappa shape index (κ2) is 7.74. The van der Waals surface area contributed by atoms with Crippen molar-refractivity contribution in [3.05, 3.63) is 45.7 Å². The topological polar surface area (TPSA) is 104 Å². The van der Waals surface area contributed by atoms with Crippen LogP contribution >= 0.6 is 11.8 Å². The number of fused-ring (bicyclic) bond motifs is 1. The van der Waals surface area contributed by atoms with Crippen LogP contribution in [0.5, 0.6) is 0 Å². The second-order valence-electron chi connectivity index (χ2n) is 5.87. The van der Waals surface area contributed by atoms with Gasteiger partial charge in [0.1, 0.15) is 5.82 Å². The lowest BCUT2D eigenvalue weighted by Crippen LogP contribution is -2.36. The molecule has 0 aliphatic carbocycles. The first-order valence-corrected chi connectivity index (χ1v) is 9.47. The van der Waals surface area contributed by atoms with Crippen LogP contribution in [0.25, 0.3) is 0 Å². The maximum atomic E-state index is 12.8. The van der Waals surface area contributed by atoms with E-state index in [1.54, 1.807) is 0 Å². The predicted molar refractivity (Wildman–Crippen MR) is 102 cm³/mol. The number of rotatable bonds is 5. The van der Waals surface area contributed by atoms with Crippen LogP contribution in [-0.2, 0) is 16.0 Å². The Bertz CT molecular complexity index is 910. The van der Waals surface area contributed by atoms with Crippen LogP contribution in [0.1, 0.15) is 37.3 Å². The summed E-state index contributed by atoms with van der Waals surface area (Å²) in [4.78, 5) is 44.4. The van der Waals surface area contributed by atoms with E-state index in [1.807, 2.05) is 38.1 Å². The number of nitrogens with zero attached hydrogens (tertiary/aromatic N) is 1. The molecular weight excluding hydrogens is 352 g/mol. The van der Waals surface area contributed by atoms with E-state index < -0.39 is 11.5 Å². The maximum absolute atomic E-state index is 12.8. The van der Waals surface area contributed by atoms with Gasteiger partial charge in [-0.25, -0.2) is 4.98 Å². The van der Waals surface area contributed by atoms with Gasteiger partial charge in [0.25, 0.3) is 5.56 Å². The summed E-state index contributed by atoms with van der Waals surface area (Å²) >= 11 is 1.36. The second-order valence-corrected chi connectivity index (χ2v) is 7.12. The highest BCUT2D eigenvalue weighted by atomic mass is 32.2. The molecule has 8 heteroatoms. The monoisotopic (exact) mass is 372 g/mol. The highest BCUT2D eigenvalue weighted by Crippen LogP contribution is 2.30. The Morgan fingerprint density at radius 3 is 2.81 bits per heavy atom. The van der Waals surface area contributed by atoms with Crippen molar-refractivity contribution < 1.29 is 9.59 Å². The maximum Gasteiger partial charge on any atom is 0.257 e. The van der Waals surface area contributed by atoms with E-state index >= 15 is 0 Å². The third-order valence-electron chi connectivity index (χ3n) is 4.18. The number of hydrogen-bond acceptors (Lipinski definition) is 5. The third kappa shape index (κ3) is 3.65. The van der Waals surface area contributed by atoms with Crippen molar-refractivity contribution in [1.82, 2.24) is 9.97 Å². The molecule has 0 fully saturated rings. The van der Waals surface area contributed by atoms with Crippen molar-refractivity contribution in [1.29, 1.82) is 0 Å². The molecule has 0 unspecified atom stereocenters. The Hall–Kier alpha value is -2.61. The summed E-state index contributed by atoms with van der Waals surface area (Å²) in [6.07, 6.45) is 0.677. The summed E-state index contributed by atoms with van der Waals surface area (Å²) in [5.41, 5.74) is 1.49. The number of amides is 2. The summed E-state index contributed by atoms with van der Waals surface area (Å²) in [7, 11) is 0. The lowest BCUT2D eigenvalue weighted by molar-refractivity contribution is -0.123. The SMILES string of the molecule is CCSc1nc2c(c(=O)[nH]1)[C@@H](C(=O)Nc1ccccc1CC)CC(=O)N2.